The van der Waals surface area contributed by atoms with E-state index in [0.717, 1.165) is 22.3 Å². The van der Waals surface area contributed by atoms with Crippen LogP contribution in [0.4, 0.5) is 0 Å². The zero-order valence-electron chi connectivity index (χ0n) is 60.4. The number of hydrogen-bond acceptors (Lipinski definition) is 4. The summed E-state index contributed by atoms with van der Waals surface area (Å²) in [6.07, 6.45) is -19.5. The van der Waals surface area contributed by atoms with E-state index in [4.69, 9.17) is 86.5 Å². The van der Waals surface area contributed by atoms with Crippen LogP contribution in [0.1, 0.15) is 172 Å². The molecule has 8 aliphatic carbocycles. The number of aryl methyl sites for hydroxylation is 3. The highest BCUT2D eigenvalue weighted by Gasteiger charge is 2.37. The van der Waals surface area contributed by atoms with Crippen LogP contribution in [0.25, 0.3) is 22.3 Å². The van der Waals surface area contributed by atoms with Crippen molar-refractivity contribution in [3.8, 4) is 0 Å². The van der Waals surface area contributed by atoms with Crippen molar-refractivity contribution in [2.24, 2.45) is 46.6 Å². The maximum Gasteiger partial charge on any atom is 0.224 e. The van der Waals surface area contributed by atoms with Crippen LogP contribution >= 0.6 is 34.8 Å². The lowest BCUT2D eigenvalue weighted by atomic mass is 9.82. The van der Waals surface area contributed by atoms with Gasteiger partial charge in [0, 0.05) is 39.7 Å². The molecule has 0 bridgehead atoms. The van der Waals surface area contributed by atoms with Gasteiger partial charge in [0.15, 0.2) is 0 Å². The minimum atomic E-state index is -2.40. The monoisotopic (exact) mass is 1030 g/mol. The second-order valence-corrected chi connectivity index (χ2v) is 19.6. The Morgan fingerprint density at radius 3 is 1.55 bits per heavy atom. The summed E-state index contributed by atoms with van der Waals surface area (Å²) in [5.41, 5.74) is 30.4. The third kappa shape index (κ3) is 9.93. The van der Waals surface area contributed by atoms with Crippen molar-refractivity contribution < 1.29 is 48.0 Å². The molecule has 11 heteroatoms. The molecule has 0 aromatic heterocycles. The molecule has 8 aliphatic rings. The second kappa shape index (κ2) is 20.6. The minimum absolute atomic E-state index is 0.0172. The summed E-state index contributed by atoms with van der Waals surface area (Å²) >= 11 is 18.3. The highest BCUT2D eigenvalue weighted by Crippen LogP contribution is 2.49. The topological polar surface area (TPSA) is 172 Å². The quantitative estimate of drug-likeness (QED) is 0.159. The van der Waals surface area contributed by atoms with Crippen molar-refractivity contribution in [2.75, 3.05) is 0 Å². The van der Waals surface area contributed by atoms with Gasteiger partial charge >= 0.3 is 0 Å². The number of carbonyl (C=O) groups excluding carboxylic acids is 4. The smallest absolute Gasteiger partial charge is 0.224 e. The molecule has 12 rings (SSSR count). The molecular formula is C60H65Cl3N4O4. The minimum Gasteiger partial charge on any atom is -0.369 e. The van der Waals surface area contributed by atoms with Crippen molar-refractivity contribution in [1.82, 2.24) is 0 Å². The van der Waals surface area contributed by atoms with Gasteiger partial charge < -0.3 is 22.9 Å². The van der Waals surface area contributed by atoms with Crippen LogP contribution in [0.2, 0.25) is 15.1 Å². The molecule has 8 nitrogen and oxygen atoms in total. The maximum absolute atomic E-state index is 11.9. The van der Waals surface area contributed by atoms with Crippen LogP contribution < -0.4 is 22.9 Å². The maximum atomic E-state index is 11.9. The molecule has 4 atom stereocenters. The molecular weight excluding hydrogens is 947 g/mol. The number of rotatable bonds is 4. The molecule has 4 unspecified atom stereocenters. The van der Waals surface area contributed by atoms with Gasteiger partial charge in [0.25, 0.3) is 0 Å². The molecule has 0 aliphatic heterocycles. The Hall–Kier alpha value is -5.41. The van der Waals surface area contributed by atoms with Crippen LogP contribution in [0.15, 0.2) is 76.8 Å². The van der Waals surface area contributed by atoms with Gasteiger partial charge in [-0.25, -0.2) is 0 Å². The molecule has 0 heterocycles. The summed E-state index contributed by atoms with van der Waals surface area (Å²) in [6.45, 7) is 7.06. The largest absolute Gasteiger partial charge is 0.369 e. The molecule has 0 radical (unpaired) electrons. The van der Waals surface area contributed by atoms with Gasteiger partial charge in [0.05, 0.1) is 27.7 Å². The first-order valence-electron chi connectivity index (χ1n) is 33.4. The van der Waals surface area contributed by atoms with E-state index < -0.39 is 111 Å². The SMILES string of the molecule is [2H]C1(C(N)=O)CC([2H])([2H])C([2H])([2H])C2=C1Cc1c(C)cc(Cl)cc12.[2H]C1(C(N)=O)CC([2H])([2H])C([2H])([2H])C2=C1Cc1ccc(C)cc12.[2H]c1c(C)c(Cl)c([2H])c2c1CC1=C2C([2H])([2H])C([2H])([2H])CC1C(N)=O.[2H]c1c(Cl)c(C)cc2c1C1=C(C2)C(C(N)=O)CC([2H])([2H])C1([2H])[2H]. The molecule has 370 valence electrons. The van der Waals surface area contributed by atoms with E-state index in [1.807, 2.05) is 26.0 Å². The van der Waals surface area contributed by atoms with Crippen molar-refractivity contribution >= 4 is 80.7 Å². The van der Waals surface area contributed by atoms with Crippen LogP contribution in [-0.2, 0) is 44.9 Å². The third-order valence-electron chi connectivity index (χ3n) is 13.8. The van der Waals surface area contributed by atoms with E-state index in [1.54, 1.807) is 38.1 Å². The Labute approximate surface area is 462 Å². The second-order valence-electron chi connectivity index (χ2n) is 18.4. The Bertz CT molecular complexity index is 4120. The highest BCUT2D eigenvalue weighted by atomic mass is 35.5. The van der Waals surface area contributed by atoms with Gasteiger partial charge in [0.2, 0.25) is 23.6 Å². The molecule has 0 fully saturated rings. The van der Waals surface area contributed by atoms with Gasteiger partial charge in [-0.3, -0.25) is 19.2 Å². The van der Waals surface area contributed by atoms with Crippen molar-refractivity contribution in [1.29, 1.82) is 0 Å². The highest BCUT2D eigenvalue weighted by molar-refractivity contribution is 6.32. The lowest BCUT2D eigenvalue weighted by Crippen LogP contribution is -2.27. The zero-order chi connectivity index (χ0) is 69.4. The van der Waals surface area contributed by atoms with E-state index in [2.05, 4.69) is 0 Å². The lowest BCUT2D eigenvalue weighted by Gasteiger charge is -2.22. The number of hydrogen-bond donors (Lipinski definition) is 4. The Kier molecular flexibility index (Phi) is 8.87. The molecule has 4 aromatic carbocycles. The summed E-state index contributed by atoms with van der Waals surface area (Å²) < 4.78 is 173. The van der Waals surface area contributed by atoms with Crippen molar-refractivity contribution in [3.63, 3.8) is 0 Å². The standard InChI is InChI=1S/3C15H16ClNO.C15H17NO/c2*1-8-5-9-6-13-10(12(9)7-14(8)16)3-2-4-11(13)15(17)18;1-8-5-9(16)6-13-10-3-2-4-11(15(17)18)14(10)7-12(8)13;1-9-5-6-10-8-14-11(13(10)7-9)3-2-4-12(14)15(16)17/h2*5,7,11H,2-4,6H2,1H3,(H2,17,18);5-6,11H,2-4,7H2,1H3,(H2,17,18);5-7,12H,2-4,8H2,1H3,(H2,16,17)/i2D2,3D2,5D,7D;2D2,3D2,7D;2D2,3D2,11D;2D2,3D2,12D. The fourth-order valence-corrected chi connectivity index (χ4v) is 10.7. The van der Waals surface area contributed by atoms with Crippen LogP contribution in [0.5, 0.6) is 0 Å². The zero-order valence-corrected chi connectivity index (χ0v) is 41.6. The average Bonchev–Trinajstić information content (AvgIpc) is 1.42. The summed E-state index contributed by atoms with van der Waals surface area (Å²) in [6, 6.07) is 10.6. The van der Waals surface area contributed by atoms with Gasteiger partial charge in [-0.2, -0.15) is 0 Å². The van der Waals surface area contributed by atoms with Crippen LogP contribution in [0, 0.1) is 51.3 Å². The number of carbonyl (C=O) groups is 4. The van der Waals surface area contributed by atoms with Gasteiger partial charge in [-0.1, -0.05) is 70.7 Å². The van der Waals surface area contributed by atoms with Gasteiger partial charge in [-0.15, -0.1) is 0 Å². The molecule has 4 aromatic rings. The fourth-order valence-electron chi connectivity index (χ4n) is 10.2. The van der Waals surface area contributed by atoms with E-state index in [1.165, 1.54) is 0 Å². The van der Waals surface area contributed by atoms with Crippen LogP contribution in [-0.4, -0.2) is 23.6 Å². The number of nitrogens with two attached hydrogens (primary N) is 4. The molecule has 71 heavy (non-hydrogen) atoms. The molecule has 0 spiro atoms. The first-order valence-corrected chi connectivity index (χ1v) is 24.1. The van der Waals surface area contributed by atoms with Crippen molar-refractivity contribution in [3.05, 3.63) is 159 Å². The number of amides is 4. The summed E-state index contributed by atoms with van der Waals surface area (Å²) in [5, 5.41) is 0.673. The number of fused-ring (bicyclic) bond motifs is 8. The van der Waals surface area contributed by atoms with E-state index in [-0.39, 0.29) is 93.7 Å². The summed E-state index contributed by atoms with van der Waals surface area (Å²) in [4.78, 5) is 47.4. The predicted molar refractivity (Wildman–Crippen MR) is 288 cm³/mol. The van der Waals surface area contributed by atoms with E-state index in [9.17, 15) is 19.2 Å². The van der Waals surface area contributed by atoms with Gasteiger partial charge in [-0.05, 0) is 260 Å². The predicted octanol–water partition coefficient (Wildman–Crippen LogP) is 12.3. The third-order valence-corrected chi connectivity index (χ3v) is 14.8. The number of allylic oxidation sites excluding steroid dienone is 4. The van der Waals surface area contributed by atoms with Crippen molar-refractivity contribution in [2.45, 2.75) is 130 Å². The molecule has 0 saturated carbocycles. The molecule has 4 amide bonds. The Balaban J connectivity index is 0.000000145. The number of primary amides is 4. The first kappa shape index (κ1) is 30.6. The normalized spacial score (nSPS) is 34.0. The first-order chi connectivity index (χ1) is 41.8. The van der Waals surface area contributed by atoms with E-state index >= 15 is 0 Å². The Morgan fingerprint density at radius 2 is 0.986 bits per heavy atom. The average molecular weight is 1030 g/mol. The molecule has 0 saturated heterocycles. The van der Waals surface area contributed by atoms with Gasteiger partial charge in [0.1, 0.15) is 0 Å². The summed E-state index contributed by atoms with van der Waals surface area (Å²) in [5.74, 6) is -8.96. The van der Waals surface area contributed by atoms with Crippen LogP contribution in [0.3, 0.4) is 0 Å². The van der Waals surface area contributed by atoms with E-state index in [0.29, 0.717) is 67.1 Å². The molecule has 8 N–H and O–H groups in total. The Morgan fingerprint density at radius 1 is 0.507 bits per heavy atom. The lowest BCUT2D eigenvalue weighted by molar-refractivity contribution is -0.121. The fraction of sp³-hybridized carbons (Fsp3) is 0.400. The summed E-state index contributed by atoms with van der Waals surface area (Å²) in [7, 11) is 0. The number of halogens is 3. The number of benzene rings is 4.